The van der Waals surface area contributed by atoms with Gasteiger partial charge in [-0.05, 0) is 98.1 Å². The normalized spacial score (nSPS) is 14.2. The topological polar surface area (TPSA) is 16.1 Å². The molecule has 0 atom stereocenters. The fraction of sp³-hybridized carbons (Fsp3) is 0.0755. The molecule has 0 saturated heterocycles. The highest BCUT2D eigenvalue weighted by molar-refractivity contribution is 7.21. The molecule has 0 bridgehead atoms. The molecule has 266 valence electrons. The number of hydrogen-bond donors (Lipinski definition) is 0. The van der Waals surface area contributed by atoms with Gasteiger partial charge in [0.05, 0.1) is 15.6 Å². The Balaban J connectivity index is 1.16. The van der Waals surface area contributed by atoms with E-state index in [2.05, 4.69) is 213 Å². The fourth-order valence-electron chi connectivity index (χ4n) is 9.61. The van der Waals surface area contributed by atoms with Crippen molar-refractivity contribution in [3.05, 3.63) is 228 Å². The lowest BCUT2D eigenvalue weighted by molar-refractivity contribution is 0.660. The molecule has 0 spiro atoms. The zero-order valence-corrected chi connectivity index (χ0v) is 32.1. The van der Waals surface area contributed by atoms with Gasteiger partial charge < -0.3 is 4.90 Å². The van der Waals surface area contributed by atoms with Gasteiger partial charge in [0.2, 0.25) is 0 Å². The molecule has 0 unspecified atom stereocenters. The lowest BCUT2D eigenvalue weighted by Crippen LogP contribution is -2.28. The van der Waals surface area contributed by atoms with Gasteiger partial charge in [0, 0.05) is 28.0 Å². The van der Waals surface area contributed by atoms with Crippen molar-refractivity contribution in [3.8, 4) is 32.8 Å². The van der Waals surface area contributed by atoms with Crippen LogP contribution in [0, 0.1) is 0 Å². The molecule has 1 heterocycles. The molecule has 11 rings (SSSR count). The molecule has 0 radical (unpaired) electrons. The van der Waals surface area contributed by atoms with Crippen molar-refractivity contribution in [2.24, 2.45) is 0 Å². The van der Waals surface area contributed by atoms with E-state index in [-0.39, 0.29) is 5.41 Å². The molecule has 2 nitrogen and oxygen atoms in total. The summed E-state index contributed by atoms with van der Waals surface area (Å²) in [6.07, 6.45) is 0. The maximum absolute atomic E-state index is 5.20. The smallest absolute Gasteiger partial charge is 0.124 e. The maximum atomic E-state index is 5.20. The number of rotatable bonds is 6. The van der Waals surface area contributed by atoms with Crippen LogP contribution in [-0.2, 0) is 10.8 Å². The van der Waals surface area contributed by atoms with E-state index in [0.717, 1.165) is 33.1 Å². The van der Waals surface area contributed by atoms with Crippen molar-refractivity contribution in [2.45, 2.75) is 24.7 Å². The van der Waals surface area contributed by atoms with Crippen LogP contribution in [0.3, 0.4) is 0 Å². The van der Waals surface area contributed by atoms with E-state index < -0.39 is 5.41 Å². The van der Waals surface area contributed by atoms with Gasteiger partial charge in [0.15, 0.2) is 0 Å². The number of fused-ring (bicyclic) bond motifs is 7. The molecule has 0 fully saturated rings. The molecule has 3 heteroatoms. The molecule has 0 aliphatic heterocycles. The van der Waals surface area contributed by atoms with Gasteiger partial charge >= 0.3 is 0 Å². The summed E-state index contributed by atoms with van der Waals surface area (Å²) in [7, 11) is 0. The van der Waals surface area contributed by atoms with Crippen molar-refractivity contribution in [2.75, 3.05) is 4.90 Å². The quantitative estimate of drug-likeness (QED) is 0.169. The van der Waals surface area contributed by atoms with Gasteiger partial charge in [-0.2, -0.15) is 0 Å². The number of nitrogens with zero attached hydrogens (tertiary/aromatic N) is 2. The Morgan fingerprint density at radius 1 is 0.429 bits per heavy atom. The van der Waals surface area contributed by atoms with Crippen LogP contribution in [0.15, 0.2) is 194 Å². The van der Waals surface area contributed by atoms with Crippen molar-refractivity contribution in [3.63, 3.8) is 0 Å². The van der Waals surface area contributed by atoms with E-state index in [0.29, 0.717) is 0 Å². The van der Waals surface area contributed by atoms with E-state index in [1.54, 1.807) is 11.3 Å². The SMILES string of the molecule is CC1(C)c2ccccc2-c2ccc(N(c3ccc4c(c3)C(c3ccccc3)(c3ccccc3)c3ccccc3-4)c3ccc4sc(-c5ccccc5)nc4c3)cc21. The molecular formula is C53H38N2S. The van der Waals surface area contributed by atoms with Crippen LogP contribution >= 0.6 is 11.3 Å². The highest BCUT2D eigenvalue weighted by Gasteiger charge is 2.46. The second kappa shape index (κ2) is 12.5. The van der Waals surface area contributed by atoms with E-state index in [1.165, 1.54) is 60.3 Å². The minimum atomic E-state index is -0.499. The Labute approximate surface area is 332 Å². The number of benzene rings is 8. The van der Waals surface area contributed by atoms with E-state index in [4.69, 9.17) is 4.98 Å². The molecule has 0 N–H and O–H groups in total. The van der Waals surface area contributed by atoms with Gasteiger partial charge in [0.1, 0.15) is 5.01 Å². The van der Waals surface area contributed by atoms with E-state index >= 15 is 0 Å². The fourth-order valence-corrected chi connectivity index (χ4v) is 10.6. The highest BCUT2D eigenvalue weighted by atomic mass is 32.1. The average Bonchev–Trinajstić information content (AvgIpc) is 3.89. The van der Waals surface area contributed by atoms with Crippen LogP contribution in [0.25, 0.3) is 43.0 Å². The van der Waals surface area contributed by atoms with E-state index in [9.17, 15) is 0 Å². The minimum absolute atomic E-state index is 0.133. The Bertz CT molecular complexity index is 2900. The lowest BCUT2D eigenvalue weighted by Gasteiger charge is -2.35. The van der Waals surface area contributed by atoms with Gasteiger partial charge in [0.25, 0.3) is 0 Å². The molecular weight excluding hydrogens is 697 g/mol. The second-order valence-corrected chi connectivity index (χ2v) is 16.6. The van der Waals surface area contributed by atoms with Gasteiger partial charge in [-0.25, -0.2) is 4.98 Å². The van der Waals surface area contributed by atoms with Crippen molar-refractivity contribution < 1.29 is 0 Å². The summed E-state index contributed by atoms with van der Waals surface area (Å²) in [4.78, 5) is 7.65. The molecule has 2 aliphatic rings. The maximum Gasteiger partial charge on any atom is 0.124 e. The van der Waals surface area contributed by atoms with Crippen LogP contribution in [-0.4, -0.2) is 4.98 Å². The Morgan fingerprint density at radius 3 is 1.57 bits per heavy atom. The van der Waals surface area contributed by atoms with Crippen LogP contribution in [0.4, 0.5) is 17.1 Å². The standard InChI is InChI=1S/C53H38N2S/c1-52(2)45-24-14-12-22-41(45)43-29-26-38(32-47(43)52)55(40-28-31-50-49(34-40)54-51(56-50)35-16-6-3-7-17-35)39-27-30-44-42-23-13-15-25-46(42)53(48(44)33-39,36-18-8-4-9-19-36)37-20-10-5-11-21-37/h3-34H,1-2H3. The van der Waals surface area contributed by atoms with Crippen LogP contribution < -0.4 is 4.90 Å². The molecule has 0 saturated carbocycles. The van der Waals surface area contributed by atoms with Gasteiger partial charge in [-0.1, -0.05) is 166 Å². The first kappa shape index (κ1) is 32.8. The van der Waals surface area contributed by atoms with Crippen LogP contribution in [0.2, 0.25) is 0 Å². The molecule has 0 amide bonds. The van der Waals surface area contributed by atoms with Crippen molar-refractivity contribution in [1.29, 1.82) is 0 Å². The summed E-state index contributed by atoms with van der Waals surface area (Å²) in [6.45, 7) is 4.72. The zero-order valence-electron chi connectivity index (χ0n) is 31.3. The number of anilines is 3. The molecule has 56 heavy (non-hydrogen) atoms. The second-order valence-electron chi connectivity index (χ2n) is 15.5. The number of thiazole rings is 1. The Kier molecular flexibility index (Phi) is 7.33. The third-order valence-electron chi connectivity index (χ3n) is 12.2. The third kappa shape index (κ3) is 4.77. The zero-order chi connectivity index (χ0) is 37.4. The van der Waals surface area contributed by atoms with Crippen molar-refractivity contribution in [1.82, 2.24) is 4.98 Å². The number of hydrogen-bond acceptors (Lipinski definition) is 3. The Morgan fingerprint density at radius 2 is 0.911 bits per heavy atom. The Hall–Kier alpha value is -6.55. The predicted molar refractivity (Wildman–Crippen MR) is 235 cm³/mol. The summed E-state index contributed by atoms with van der Waals surface area (Å²) in [5.74, 6) is 0. The monoisotopic (exact) mass is 734 g/mol. The highest BCUT2D eigenvalue weighted by Crippen LogP contribution is 2.58. The first-order valence-electron chi connectivity index (χ1n) is 19.4. The first-order valence-corrected chi connectivity index (χ1v) is 20.2. The van der Waals surface area contributed by atoms with Crippen LogP contribution in [0.5, 0.6) is 0 Å². The lowest BCUT2D eigenvalue weighted by atomic mass is 9.67. The van der Waals surface area contributed by atoms with E-state index in [1.807, 2.05) is 0 Å². The predicted octanol–water partition coefficient (Wildman–Crippen LogP) is 14.1. The summed E-state index contributed by atoms with van der Waals surface area (Å²) in [5, 5.41) is 1.03. The van der Waals surface area contributed by atoms with Crippen LogP contribution in [0.1, 0.15) is 47.2 Å². The van der Waals surface area contributed by atoms with Gasteiger partial charge in [-0.15, -0.1) is 11.3 Å². The summed E-state index contributed by atoms with van der Waals surface area (Å²) < 4.78 is 1.18. The average molecular weight is 735 g/mol. The van der Waals surface area contributed by atoms with Gasteiger partial charge in [-0.3, -0.25) is 0 Å². The minimum Gasteiger partial charge on any atom is -0.310 e. The summed E-state index contributed by atoms with van der Waals surface area (Å²) in [6, 6.07) is 71.5. The third-order valence-corrected chi connectivity index (χ3v) is 13.3. The first-order chi connectivity index (χ1) is 27.5. The molecule has 2 aliphatic carbocycles. The summed E-state index contributed by atoms with van der Waals surface area (Å²) in [5.41, 5.74) is 17.9. The number of aromatic nitrogens is 1. The molecule has 9 aromatic rings. The summed E-state index contributed by atoms with van der Waals surface area (Å²) >= 11 is 1.75. The van der Waals surface area contributed by atoms with Crippen molar-refractivity contribution >= 4 is 38.6 Å². The largest absolute Gasteiger partial charge is 0.310 e. The molecule has 1 aromatic heterocycles. The molecule has 8 aromatic carbocycles.